The fourth-order valence-corrected chi connectivity index (χ4v) is 3.44. The molecular weight excluding hydrogens is 281 g/mol. The largest absolute Gasteiger partial charge is 0.397 e. The molecule has 0 radical (unpaired) electrons. The second kappa shape index (κ2) is 5.09. The van der Waals surface area contributed by atoms with E-state index in [-0.39, 0.29) is 10.7 Å². The van der Waals surface area contributed by atoms with Gasteiger partial charge >= 0.3 is 0 Å². The Morgan fingerprint density at radius 2 is 1.80 bits per heavy atom. The molecule has 0 saturated carbocycles. The maximum Gasteiger partial charge on any atom is 0.263 e. The van der Waals surface area contributed by atoms with Crippen molar-refractivity contribution in [2.45, 2.75) is 18.7 Å². The van der Waals surface area contributed by atoms with Crippen LogP contribution in [0, 0.1) is 19.7 Å². The van der Waals surface area contributed by atoms with Crippen molar-refractivity contribution in [2.24, 2.45) is 0 Å². The molecule has 1 aromatic carbocycles. The van der Waals surface area contributed by atoms with E-state index < -0.39 is 15.8 Å². The highest BCUT2D eigenvalue weighted by Crippen LogP contribution is 2.23. The summed E-state index contributed by atoms with van der Waals surface area (Å²) >= 11 is 0. The van der Waals surface area contributed by atoms with Gasteiger partial charge in [0.2, 0.25) is 0 Å². The molecule has 2 aromatic rings. The lowest BCUT2D eigenvalue weighted by molar-refractivity contribution is 0.597. The van der Waals surface area contributed by atoms with E-state index in [1.165, 1.54) is 30.5 Å². The number of nitrogens with two attached hydrogens (primary N) is 1. The zero-order valence-electron chi connectivity index (χ0n) is 11.0. The van der Waals surface area contributed by atoms with Crippen molar-refractivity contribution in [3.8, 4) is 0 Å². The molecule has 7 heteroatoms. The molecule has 106 valence electrons. The monoisotopic (exact) mass is 295 g/mol. The Morgan fingerprint density at radius 3 is 2.30 bits per heavy atom. The third-order valence-corrected chi connectivity index (χ3v) is 4.38. The molecule has 1 heterocycles. The van der Waals surface area contributed by atoms with Gasteiger partial charge in [-0.05, 0) is 49.2 Å². The number of nitrogens with one attached hydrogen (secondary N) is 1. The average Bonchev–Trinajstić information content (AvgIpc) is 2.30. The third kappa shape index (κ3) is 2.88. The fourth-order valence-electron chi connectivity index (χ4n) is 1.98. The van der Waals surface area contributed by atoms with Crippen LogP contribution in [0.4, 0.5) is 15.9 Å². The quantitative estimate of drug-likeness (QED) is 0.909. The van der Waals surface area contributed by atoms with E-state index in [9.17, 15) is 12.8 Å². The SMILES string of the molecule is Cc1cc(F)cc(C)c1S(=O)(=O)Nc1ccc(N)cn1. The number of pyridine rings is 1. The van der Waals surface area contributed by atoms with E-state index in [4.69, 9.17) is 5.73 Å². The van der Waals surface area contributed by atoms with Gasteiger partial charge in [0.25, 0.3) is 10.0 Å². The molecule has 0 unspecified atom stereocenters. The molecule has 5 nitrogen and oxygen atoms in total. The zero-order valence-corrected chi connectivity index (χ0v) is 11.8. The predicted molar refractivity (Wildman–Crippen MR) is 75.3 cm³/mol. The van der Waals surface area contributed by atoms with Crippen LogP contribution in [0.25, 0.3) is 0 Å². The normalized spacial score (nSPS) is 11.3. The first-order chi connectivity index (χ1) is 9.29. The molecule has 0 saturated heterocycles. The van der Waals surface area contributed by atoms with Gasteiger partial charge in [0.1, 0.15) is 11.6 Å². The first kappa shape index (κ1) is 14.3. The highest BCUT2D eigenvalue weighted by atomic mass is 32.2. The summed E-state index contributed by atoms with van der Waals surface area (Å²) in [4.78, 5) is 3.93. The number of nitrogen functional groups attached to an aromatic ring is 1. The van der Waals surface area contributed by atoms with Crippen molar-refractivity contribution in [3.05, 3.63) is 47.4 Å². The molecular formula is C13H14FN3O2S. The number of hydrogen-bond acceptors (Lipinski definition) is 4. The van der Waals surface area contributed by atoms with E-state index in [0.29, 0.717) is 16.8 Å². The summed E-state index contributed by atoms with van der Waals surface area (Å²) in [6, 6.07) is 5.35. The molecule has 3 N–H and O–H groups in total. The Hall–Kier alpha value is -2.15. The highest BCUT2D eigenvalue weighted by Gasteiger charge is 2.20. The number of anilines is 2. The summed E-state index contributed by atoms with van der Waals surface area (Å²) in [5.74, 6) is -0.313. The Morgan fingerprint density at radius 1 is 1.20 bits per heavy atom. The second-order valence-electron chi connectivity index (χ2n) is 4.45. The molecule has 0 spiro atoms. The van der Waals surface area contributed by atoms with Crippen LogP contribution in [-0.2, 0) is 10.0 Å². The molecule has 20 heavy (non-hydrogen) atoms. The molecule has 0 atom stereocenters. The summed E-state index contributed by atoms with van der Waals surface area (Å²) < 4.78 is 40.2. The standard InChI is InChI=1S/C13H14FN3O2S/c1-8-5-10(14)6-9(2)13(8)20(18,19)17-12-4-3-11(15)7-16-12/h3-7H,15H2,1-2H3,(H,16,17). The van der Waals surface area contributed by atoms with Gasteiger partial charge < -0.3 is 5.73 Å². The Balaban J connectivity index is 2.43. The average molecular weight is 295 g/mol. The molecule has 0 aliphatic heterocycles. The lowest BCUT2D eigenvalue weighted by atomic mass is 10.1. The van der Waals surface area contributed by atoms with E-state index in [1.54, 1.807) is 13.8 Å². The van der Waals surface area contributed by atoms with E-state index in [0.717, 1.165) is 0 Å². The number of nitrogens with zero attached hydrogens (tertiary/aromatic N) is 1. The predicted octanol–water partition coefficient (Wildman–Crippen LogP) is 2.22. The molecule has 1 aromatic heterocycles. The minimum atomic E-state index is -3.82. The smallest absolute Gasteiger partial charge is 0.263 e. The van der Waals surface area contributed by atoms with E-state index >= 15 is 0 Å². The molecule has 0 aliphatic carbocycles. The number of sulfonamides is 1. The van der Waals surface area contributed by atoms with Crippen molar-refractivity contribution in [2.75, 3.05) is 10.5 Å². The lowest BCUT2D eigenvalue weighted by Gasteiger charge is -2.12. The minimum Gasteiger partial charge on any atom is -0.397 e. The summed E-state index contributed by atoms with van der Waals surface area (Å²) in [5, 5.41) is 0. The first-order valence-corrected chi connectivity index (χ1v) is 7.29. The fraction of sp³-hybridized carbons (Fsp3) is 0.154. The molecule has 0 fully saturated rings. The van der Waals surface area contributed by atoms with Crippen LogP contribution >= 0.6 is 0 Å². The van der Waals surface area contributed by atoms with Crippen molar-refractivity contribution < 1.29 is 12.8 Å². The Bertz CT molecular complexity index is 720. The maximum atomic E-state index is 13.2. The summed E-state index contributed by atoms with van der Waals surface area (Å²) in [5.41, 5.74) is 6.59. The number of hydrogen-bond donors (Lipinski definition) is 2. The zero-order chi connectivity index (χ0) is 14.9. The molecule has 0 bridgehead atoms. The van der Waals surface area contributed by atoms with Gasteiger partial charge in [0.05, 0.1) is 16.8 Å². The minimum absolute atomic E-state index is 0.0533. The number of rotatable bonds is 3. The van der Waals surface area contributed by atoms with Crippen LogP contribution in [0.5, 0.6) is 0 Å². The topological polar surface area (TPSA) is 85.1 Å². The van der Waals surface area contributed by atoms with Crippen molar-refractivity contribution in [1.29, 1.82) is 0 Å². The summed E-state index contributed by atoms with van der Waals surface area (Å²) in [6.45, 7) is 3.09. The van der Waals surface area contributed by atoms with Crippen LogP contribution in [0.2, 0.25) is 0 Å². The van der Waals surface area contributed by atoms with Crippen LogP contribution in [-0.4, -0.2) is 13.4 Å². The van der Waals surface area contributed by atoms with Gasteiger partial charge in [0.15, 0.2) is 0 Å². The number of aryl methyl sites for hydroxylation is 2. The van der Waals surface area contributed by atoms with Crippen LogP contribution < -0.4 is 10.5 Å². The van der Waals surface area contributed by atoms with Crippen molar-refractivity contribution in [1.82, 2.24) is 4.98 Å². The van der Waals surface area contributed by atoms with Gasteiger partial charge in [-0.3, -0.25) is 4.72 Å². The maximum absolute atomic E-state index is 13.2. The third-order valence-electron chi connectivity index (χ3n) is 2.72. The van der Waals surface area contributed by atoms with Crippen molar-refractivity contribution >= 4 is 21.5 Å². The second-order valence-corrected chi connectivity index (χ2v) is 6.07. The van der Waals surface area contributed by atoms with Gasteiger partial charge in [0, 0.05) is 0 Å². The van der Waals surface area contributed by atoms with Gasteiger partial charge in [-0.15, -0.1) is 0 Å². The first-order valence-electron chi connectivity index (χ1n) is 5.81. The molecule has 0 amide bonds. The van der Waals surface area contributed by atoms with Crippen molar-refractivity contribution in [3.63, 3.8) is 0 Å². The van der Waals surface area contributed by atoms with E-state index in [1.807, 2.05) is 0 Å². The highest BCUT2D eigenvalue weighted by molar-refractivity contribution is 7.92. The van der Waals surface area contributed by atoms with Crippen LogP contribution in [0.1, 0.15) is 11.1 Å². The summed E-state index contributed by atoms with van der Waals surface area (Å²) in [7, 11) is -3.82. The van der Waals surface area contributed by atoms with Crippen LogP contribution in [0.15, 0.2) is 35.4 Å². The van der Waals surface area contributed by atoms with Gasteiger partial charge in [-0.25, -0.2) is 17.8 Å². The molecule has 2 rings (SSSR count). The molecule has 0 aliphatic rings. The Kier molecular flexibility index (Phi) is 3.63. The Labute approximate surface area is 116 Å². The number of halogens is 1. The van der Waals surface area contributed by atoms with Gasteiger partial charge in [-0.2, -0.15) is 0 Å². The summed E-state index contributed by atoms with van der Waals surface area (Å²) in [6.07, 6.45) is 1.35. The van der Waals surface area contributed by atoms with Crippen LogP contribution in [0.3, 0.4) is 0 Å². The lowest BCUT2D eigenvalue weighted by Crippen LogP contribution is -2.16. The number of aromatic nitrogens is 1. The van der Waals surface area contributed by atoms with E-state index in [2.05, 4.69) is 9.71 Å². The number of benzene rings is 1. The van der Waals surface area contributed by atoms with Gasteiger partial charge in [-0.1, -0.05) is 0 Å².